The number of carbonyl (C=O) groups is 1. The van der Waals surface area contributed by atoms with Gasteiger partial charge in [0.25, 0.3) is 0 Å². The minimum absolute atomic E-state index is 0.0192. The van der Waals surface area contributed by atoms with E-state index in [1.807, 2.05) is 12.1 Å². The van der Waals surface area contributed by atoms with Crippen molar-refractivity contribution in [1.29, 1.82) is 0 Å². The first-order valence-corrected chi connectivity index (χ1v) is 7.47. The number of hydrogen-bond acceptors (Lipinski definition) is 4. The first-order valence-electron chi connectivity index (χ1n) is 7.47. The summed E-state index contributed by atoms with van der Waals surface area (Å²) in [5.74, 6) is 1.31. The van der Waals surface area contributed by atoms with Crippen LogP contribution in [0, 0.1) is 0 Å². The zero-order valence-electron chi connectivity index (χ0n) is 13.0. The lowest BCUT2D eigenvalue weighted by Gasteiger charge is -2.09. The van der Waals surface area contributed by atoms with E-state index >= 15 is 0 Å². The van der Waals surface area contributed by atoms with E-state index in [-0.39, 0.29) is 5.91 Å². The number of hydrogen-bond donors (Lipinski definition) is 1. The van der Waals surface area contributed by atoms with Crippen LogP contribution in [-0.2, 0) is 11.3 Å². The maximum absolute atomic E-state index is 11.6. The molecule has 0 saturated carbocycles. The van der Waals surface area contributed by atoms with E-state index in [1.54, 1.807) is 11.0 Å². The Morgan fingerprint density at radius 1 is 1.32 bits per heavy atom. The molecule has 0 saturated heterocycles. The SMILES string of the molecule is CC(C)c1ccc(OCCNC(=O)CCn2cncn2)cc1. The normalized spacial score (nSPS) is 10.7. The topological polar surface area (TPSA) is 69.0 Å². The lowest BCUT2D eigenvalue weighted by atomic mass is 10.0. The Morgan fingerprint density at radius 3 is 2.73 bits per heavy atom. The molecule has 0 bridgehead atoms. The average molecular weight is 302 g/mol. The summed E-state index contributed by atoms with van der Waals surface area (Å²) in [6, 6.07) is 8.05. The summed E-state index contributed by atoms with van der Waals surface area (Å²) >= 11 is 0. The van der Waals surface area contributed by atoms with Crippen molar-refractivity contribution in [2.75, 3.05) is 13.2 Å². The number of ether oxygens (including phenoxy) is 1. The first-order chi connectivity index (χ1) is 10.6. The van der Waals surface area contributed by atoms with Gasteiger partial charge in [0.05, 0.1) is 13.1 Å². The molecule has 0 spiro atoms. The van der Waals surface area contributed by atoms with Gasteiger partial charge in [-0.3, -0.25) is 9.48 Å². The van der Waals surface area contributed by atoms with Crippen LogP contribution in [0.3, 0.4) is 0 Å². The Hall–Kier alpha value is -2.37. The minimum atomic E-state index is -0.0192. The maximum Gasteiger partial charge on any atom is 0.221 e. The van der Waals surface area contributed by atoms with Gasteiger partial charge >= 0.3 is 0 Å². The van der Waals surface area contributed by atoms with Gasteiger partial charge in [0.2, 0.25) is 5.91 Å². The third-order valence-electron chi connectivity index (χ3n) is 3.27. The van der Waals surface area contributed by atoms with Crippen LogP contribution in [0.2, 0.25) is 0 Å². The average Bonchev–Trinajstić information content (AvgIpc) is 3.03. The number of amides is 1. The number of nitrogens with zero attached hydrogens (tertiary/aromatic N) is 3. The third kappa shape index (κ3) is 5.20. The van der Waals surface area contributed by atoms with Gasteiger partial charge in [-0.2, -0.15) is 5.10 Å². The van der Waals surface area contributed by atoms with E-state index < -0.39 is 0 Å². The molecule has 22 heavy (non-hydrogen) atoms. The van der Waals surface area contributed by atoms with Crippen LogP contribution >= 0.6 is 0 Å². The van der Waals surface area contributed by atoms with Crippen molar-refractivity contribution < 1.29 is 9.53 Å². The summed E-state index contributed by atoms with van der Waals surface area (Å²) in [7, 11) is 0. The largest absolute Gasteiger partial charge is 0.492 e. The van der Waals surface area contributed by atoms with Gasteiger partial charge in [-0.1, -0.05) is 26.0 Å². The summed E-state index contributed by atoms with van der Waals surface area (Å²) in [4.78, 5) is 15.5. The van der Waals surface area contributed by atoms with Crippen LogP contribution in [0.5, 0.6) is 5.75 Å². The second kappa shape index (κ2) is 8.17. The smallest absolute Gasteiger partial charge is 0.221 e. The molecular weight excluding hydrogens is 280 g/mol. The quantitative estimate of drug-likeness (QED) is 0.757. The summed E-state index contributed by atoms with van der Waals surface area (Å²) in [6.07, 6.45) is 3.43. The molecule has 0 radical (unpaired) electrons. The van der Waals surface area contributed by atoms with Crippen molar-refractivity contribution in [3.63, 3.8) is 0 Å². The summed E-state index contributed by atoms with van der Waals surface area (Å²) in [5, 5.41) is 6.76. The Bertz CT molecular complexity index is 564. The van der Waals surface area contributed by atoms with Crippen molar-refractivity contribution in [3.8, 4) is 5.75 Å². The summed E-state index contributed by atoms with van der Waals surface area (Å²) in [6.45, 7) is 5.79. The second-order valence-corrected chi connectivity index (χ2v) is 5.33. The Labute approximate surface area is 130 Å². The molecule has 2 aromatic rings. The highest BCUT2D eigenvalue weighted by Gasteiger charge is 2.02. The Balaban J connectivity index is 1.61. The van der Waals surface area contributed by atoms with Crippen LogP contribution in [0.1, 0.15) is 31.7 Å². The van der Waals surface area contributed by atoms with E-state index in [0.29, 0.717) is 32.0 Å². The Kier molecular flexibility index (Phi) is 5.94. The predicted octanol–water partition coefficient (Wildman–Crippen LogP) is 1.99. The van der Waals surface area contributed by atoms with Gasteiger partial charge in [-0.05, 0) is 23.6 Å². The second-order valence-electron chi connectivity index (χ2n) is 5.33. The fourth-order valence-electron chi connectivity index (χ4n) is 1.96. The number of benzene rings is 1. The van der Waals surface area contributed by atoms with E-state index in [9.17, 15) is 4.79 Å². The maximum atomic E-state index is 11.6. The molecule has 0 aliphatic carbocycles. The number of rotatable bonds is 8. The molecule has 0 atom stereocenters. The minimum Gasteiger partial charge on any atom is -0.492 e. The molecule has 6 nitrogen and oxygen atoms in total. The molecule has 6 heteroatoms. The zero-order valence-corrected chi connectivity index (χ0v) is 13.0. The molecule has 0 fully saturated rings. The third-order valence-corrected chi connectivity index (χ3v) is 3.27. The molecule has 1 amide bonds. The molecule has 1 N–H and O–H groups in total. The number of carbonyl (C=O) groups excluding carboxylic acids is 1. The lowest BCUT2D eigenvalue weighted by molar-refractivity contribution is -0.121. The molecule has 1 aromatic heterocycles. The number of nitrogens with one attached hydrogen (secondary N) is 1. The summed E-state index contributed by atoms with van der Waals surface area (Å²) < 4.78 is 7.23. The van der Waals surface area contributed by atoms with Crippen molar-refractivity contribution in [2.45, 2.75) is 32.7 Å². The van der Waals surface area contributed by atoms with Crippen molar-refractivity contribution in [2.24, 2.45) is 0 Å². The highest BCUT2D eigenvalue weighted by atomic mass is 16.5. The number of aromatic nitrogens is 3. The number of aryl methyl sites for hydroxylation is 1. The highest BCUT2D eigenvalue weighted by molar-refractivity contribution is 5.75. The van der Waals surface area contributed by atoms with Crippen molar-refractivity contribution in [3.05, 3.63) is 42.5 Å². The van der Waals surface area contributed by atoms with E-state index in [0.717, 1.165) is 5.75 Å². The van der Waals surface area contributed by atoms with Gasteiger partial charge < -0.3 is 10.1 Å². The van der Waals surface area contributed by atoms with E-state index in [2.05, 4.69) is 41.4 Å². The van der Waals surface area contributed by atoms with Crippen molar-refractivity contribution >= 4 is 5.91 Å². The molecular formula is C16H22N4O2. The lowest BCUT2D eigenvalue weighted by Crippen LogP contribution is -2.28. The van der Waals surface area contributed by atoms with Crippen LogP contribution in [-0.4, -0.2) is 33.8 Å². The Morgan fingerprint density at radius 2 is 2.09 bits per heavy atom. The fraction of sp³-hybridized carbons (Fsp3) is 0.438. The molecule has 0 aliphatic rings. The molecule has 2 rings (SSSR count). The van der Waals surface area contributed by atoms with Crippen molar-refractivity contribution in [1.82, 2.24) is 20.1 Å². The molecule has 0 unspecified atom stereocenters. The van der Waals surface area contributed by atoms with Gasteiger partial charge in [0.15, 0.2) is 0 Å². The van der Waals surface area contributed by atoms with Gasteiger partial charge in [0.1, 0.15) is 25.0 Å². The standard InChI is InChI=1S/C16H22N4O2/c1-13(2)14-3-5-15(6-4-14)22-10-8-18-16(21)7-9-20-12-17-11-19-20/h3-6,11-13H,7-10H2,1-2H3,(H,18,21). The predicted molar refractivity (Wildman–Crippen MR) is 83.7 cm³/mol. The van der Waals surface area contributed by atoms with Gasteiger partial charge in [-0.15, -0.1) is 0 Å². The van der Waals surface area contributed by atoms with E-state index in [4.69, 9.17) is 4.74 Å². The molecule has 1 heterocycles. The fourth-order valence-corrected chi connectivity index (χ4v) is 1.96. The van der Waals surface area contributed by atoms with Crippen LogP contribution in [0.15, 0.2) is 36.9 Å². The van der Waals surface area contributed by atoms with Crippen LogP contribution in [0.4, 0.5) is 0 Å². The highest BCUT2D eigenvalue weighted by Crippen LogP contribution is 2.18. The molecule has 0 aliphatic heterocycles. The van der Waals surface area contributed by atoms with Crippen LogP contribution < -0.4 is 10.1 Å². The molecule has 1 aromatic carbocycles. The van der Waals surface area contributed by atoms with Gasteiger partial charge in [0, 0.05) is 6.42 Å². The summed E-state index contributed by atoms with van der Waals surface area (Å²) in [5.41, 5.74) is 1.29. The zero-order chi connectivity index (χ0) is 15.8. The van der Waals surface area contributed by atoms with E-state index in [1.165, 1.54) is 11.9 Å². The monoisotopic (exact) mass is 302 g/mol. The first kappa shape index (κ1) is 16.0. The van der Waals surface area contributed by atoms with Crippen LogP contribution in [0.25, 0.3) is 0 Å². The molecule has 118 valence electrons. The van der Waals surface area contributed by atoms with Gasteiger partial charge in [-0.25, -0.2) is 4.98 Å².